The van der Waals surface area contributed by atoms with Crippen molar-refractivity contribution < 1.29 is 0 Å². The average Bonchev–Trinajstić information content (AvgIpc) is 2.77. The molecule has 0 saturated carbocycles. The number of thiophene rings is 1. The second-order valence-corrected chi connectivity index (χ2v) is 5.50. The minimum absolute atomic E-state index is 0.0690. The van der Waals surface area contributed by atoms with Gasteiger partial charge in [-0.1, -0.05) is 12.1 Å². The molecule has 3 heterocycles. The molecule has 1 aliphatic carbocycles. The third kappa shape index (κ3) is 1.26. The monoisotopic (exact) mass is 257 g/mol. The average molecular weight is 257 g/mol. The Morgan fingerprint density at radius 2 is 2.17 bits per heavy atom. The number of anilines is 1. The molecule has 0 radical (unpaired) electrons. The number of fused-ring (bicyclic) bond motifs is 5. The summed E-state index contributed by atoms with van der Waals surface area (Å²) in [5, 5.41) is 7.80. The van der Waals surface area contributed by atoms with Gasteiger partial charge in [-0.15, -0.1) is 11.3 Å². The molecule has 3 N–H and O–H groups in total. The highest BCUT2D eigenvalue weighted by atomic mass is 32.1. The molecule has 5 heteroatoms. The summed E-state index contributed by atoms with van der Waals surface area (Å²) in [5.41, 5.74) is 3.02. The lowest BCUT2D eigenvalue weighted by atomic mass is 10.0. The van der Waals surface area contributed by atoms with Crippen molar-refractivity contribution >= 4 is 27.2 Å². The van der Waals surface area contributed by atoms with E-state index < -0.39 is 0 Å². The predicted molar refractivity (Wildman–Crippen MR) is 74.4 cm³/mol. The van der Waals surface area contributed by atoms with Crippen LogP contribution in [0.1, 0.15) is 4.88 Å². The first-order chi connectivity index (χ1) is 8.84. The van der Waals surface area contributed by atoms with Gasteiger partial charge in [-0.05, 0) is 11.6 Å². The van der Waals surface area contributed by atoms with Crippen LogP contribution in [0.5, 0.6) is 0 Å². The zero-order valence-corrected chi connectivity index (χ0v) is 10.4. The summed E-state index contributed by atoms with van der Waals surface area (Å²) < 4.78 is 0. The van der Waals surface area contributed by atoms with Gasteiger partial charge in [0.15, 0.2) is 5.43 Å². The van der Waals surface area contributed by atoms with E-state index in [1.54, 1.807) is 17.4 Å². The highest BCUT2D eigenvalue weighted by Gasteiger charge is 2.20. The lowest BCUT2D eigenvalue weighted by Crippen LogP contribution is -2.26. The molecule has 0 spiro atoms. The lowest BCUT2D eigenvalue weighted by molar-refractivity contribution is 0.721. The van der Waals surface area contributed by atoms with Crippen molar-refractivity contribution in [3.63, 3.8) is 0 Å². The summed E-state index contributed by atoms with van der Waals surface area (Å²) in [7, 11) is 0. The summed E-state index contributed by atoms with van der Waals surface area (Å²) in [5.74, 6) is 0. The van der Waals surface area contributed by atoms with Crippen LogP contribution >= 0.6 is 11.3 Å². The van der Waals surface area contributed by atoms with E-state index in [0.717, 1.165) is 34.6 Å². The van der Waals surface area contributed by atoms with Gasteiger partial charge >= 0.3 is 0 Å². The van der Waals surface area contributed by atoms with Crippen LogP contribution in [0.15, 0.2) is 29.2 Å². The molecular weight excluding hydrogens is 246 g/mol. The lowest BCUT2D eigenvalue weighted by Gasteiger charge is -2.16. The maximum absolute atomic E-state index is 11.9. The van der Waals surface area contributed by atoms with Gasteiger partial charge in [0.2, 0.25) is 0 Å². The van der Waals surface area contributed by atoms with E-state index >= 15 is 0 Å². The predicted octanol–water partition coefficient (Wildman–Crippen LogP) is 2.17. The molecule has 90 valence electrons. The van der Waals surface area contributed by atoms with Crippen molar-refractivity contribution in [1.82, 2.24) is 10.3 Å². The SMILES string of the molecule is O=c1cccc2c3c4c(sc3[nH]cc1-2)CNCN4. The third-order valence-corrected chi connectivity index (χ3v) is 4.46. The molecular formula is C13H11N3OS. The smallest absolute Gasteiger partial charge is 0.187 e. The number of aromatic nitrogens is 1. The molecule has 1 aromatic heterocycles. The Morgan fingerprint density at radius 3 is 3.11 bits per heavy atom. The second kappa shape index (κ2) is 3.57. The Bertz CT molecular complexity index is 774. The molecule has 18 heavy (non-hydrogen) atoms. The van der Waals surface area contributed by atoms with Crippen LogP contribution in [-0.2, 0) is 6.54 Å². The molecule has 2 aliphatic heterocycles. The Labute approximate surface area is 107 Å². The van der Waals surface area contributed by atoms with Gasteiger partial charge in [0.1, 0.15) is 4.83 Å². The van der Waals surface area contributed by atoms with Gasteiger partial charge in [-0.2, -0.15) is 0 Å². The van der Waals surface area contributed by atoms with Crippen LogP contribution in [-0.4, -0.2) is 11.7 Å². The molecule has 4 rings (SSSR count). The van der Waals surface area contributed by atoms with Crippen LogP contribution in [0.25, 0.3) is 21.3 Å². The molecule has 0 saturated heterocycles. The van der Waals surface area contributed by atoms with Crippen molar-refractivity contribution in [1.29, 1.82) is 0 Å². The van der Waals surface area contributed by atoms with Crippen LogP contribution < -0.4 is 16.1 Å². The Morgan fingerprint density at radius 1 is 1.22 bits per heavy atom. The molecule has 0 aromatic carbocycles. The van der Waals surface area contributed by atoms with E-state index in [-0.39, 0.29) is 5.43 Å². The fourth-order valence-electron chi connectivity index (χ4n) is 2.52. The third-order valence-electron chi connectivity index (χ3n) is 3.34. The normalized spacial score (nSPS) is 14.7. The summed E-state index contributed by atoms with van der Waals surface area (Å²) in [6.07, 6.45) is 1.81. The second-order valence-electron chi connectivity index (χ2n) is 4.39. The van der Waals surface area contributed by atoms with Gasteiger partial charge < -0.3 is 10.3 Å². The summed E-state index contributed by atoms with van der Waals surface area (Å²) in [4.78, 5) is 17.5. The molecule has 0 fully saturated rings. The number of rotatable bonds is 0. The zero-order chi connectivity index (χ0) is 12.1. The topological polar surface area (TPSA) is 56.9 Å². The van der Waals surface area contributed by atoms with Crippen LogP contribution in [0, 0.1) is 0 Å². The van der Waals surface area contributed by atoms with E-state index in [2.05, 4.69) is 15.6 Å². The first kappa shape index (κ1) is 10.1. The van der Waals surface area contributed by atoms with Crippen molar-refractivity contribution in [2.45, 2.75) is 6.54 Å². The van der Waals surface area contributed by atoms with Gasteiger partial charge in [-0.3, -0.25) is 10.1 Å². The van der Waals surface area contributed by atoms with E-state index in [4.69, 9.17) is 0 Å². The highest BCUT2D eigenvalue weighted by Crippen LogP contribution is 2.41. The van der Waals surface area contributed by atoms with E-state index in [9.17, 15) is 4.79 Å². The Balaban J connectivity index is 2.18. The number of pyridine rings is 1. The number of aromatic amines is 1. The van der Waals surface area contributed by atoms with E-state index in [1.165, 1.54) is 10.6 Å². The molecule has 0 atom stereocenters. The quantitative estimate of drug-likeness (QED) is 0.578. The number of benzene rings is 1. The fraction of sp³-hybridized carbons (Fsp3) is 0.154. The molecule has 0 amide bonds. The number of hydrogen-bond acceptors (Lipinski definition) is 4. The summed E-state index contributed by atoms with van der Waals surface area (Å²) >= 11 is 1.74. The van der Waals surface area contributed by atoms with Crippen LogP contribution in [0.3, 0.4) is 0 Å². The summed E-state index contributed by atoms with van der Waals surface area (Å²) in [6.45, 7) is 1.65. The maximum atomic E-state index is 11.9. The molecule has 0 bridgehead atoms. The molecule has 1 aromatic rings. The minimum atomic E-state index is 0.0690. The van der Waals surface area contributed by atoms with Gasteiger partial charge in [0.05, 0.1) is 12.4 Å². The van der Waals surface area contributed by atoms with Gasteiger partial charge in [0, 0.05) is 28.6 Å². The maximum Gasteiger partial charge on any atom is 0.187 e. The Kier molecular flexibility index (Phi) is 2.00. The minimum Gasteiger partial charge on any atom is -0.371 e. The van der Waals surface area contributed by atoms with Crippen molar-refractivity contribution in [2.24, 2.45) is 0 Å². The fourth-order valence-corrected chi connectivity index (χ4v) is 3.65. The number of hydrogen-bond donors (Lipinski definition) is 3. The largest absolute Gasteiger partial charge is 0.371 e. The zero-order valence-electron chi connectivity index (χ0n) is 9.54. The van der Waals surface area contributed by atoms with E-state index in [0.29, 0.717) is 0 Å². The van der Waals surface area contributed by atoms with Crippen molar-refractivity contribution in [3.05, 3.63) is 39.5 Å². The Hall–Kier alpha value is -1.85. The summed E-state index contributed by atoms with van der Waals surface area (Å²) in [6, 6.07) is 5.45. The first-order valence-electron chi connectivity index (χ1n) is 5.85. The van der Waals surface area contributed by atoms with Crippen molar-refractivity contribution in [3.8, 4) is 11.1 Å². The molecule has 0 unspecified atom stereocenters. The highest BCUT2D eigenvalue weighted by molar-refractivity contribution is 7.19. The first-order valence-corrected chi connectivity index (χ1v) is 6.66. The number of nitrogens with one attached hydrogen (secondary N) is 3. The number of H-pyrrole nitrogens is 1. The molecule has 3 aliphatic rings. The van der Waals surface area contributed by atoms with Crippen LogP contribution in [0.2, 0.25) is 0 Å². The standard InChI is InChI=1S/C13H11N3OS/c17-9-3-1-2-7-8(9)4-15-13-11(7)12-10(18-13)5-14-6-16-12/h1-4,14-16H,5-6H2. The van der Waals surface area contributed by atoms with E-state index in [1.807, 2.05) is 18.3 Å². The van der Waals surface area contributed by atoms with Gasteiger partial charge in [-0.25, -0.2) is 0 Å². The van der Waals surface area contributed by atoms with Crippen molar-refractivity contribution in [2.75, 3.05) is 12.0 Å². The van der Waals surface area contributed by atoms with Gasteiger partial charge in [0.25, 0.3) is 0 Å². The molecule has 4 nitrogen and oxygen atoms in total. The van der Waals surface area contributed by atoms with Crippen LogP contribution in [0.4, 0.5) is 5.69 Å².